The Morgan fingerprint density at radius 3 is 1.91 bits per heavy atom. The molecule has 34 heavy (non-hydrogen) atoms. The Kier molecular flexibility index (Phi) is 4.14. The SMILES string of the molecule is Cc1ccc2c(c1)[Si](c1ccccc1)(c1ccccc1)c1c-2c2cccnc2c2ccccc12. The quantitative estimate of drug-likeness (QED) is 0.266. The van der Waals surface area contributed by atoms with Gasteiger partial charge in [0.1, 0.15) is 0 Å². The lowest BCUT2D eigenvalue weighted by Gasteiger charge is -2.32. The molecule has 160 valence electrons. The van der Waals surface area contributed by atoms with Gasteiger partial charge in [0.25, 0.3) is 0 Å². The zero-order chi connectivity index (χ0) is 22.7. The molecule has 0 unspecified atom stereocenters. The number of hydrogen-bond donors (Lipinski definition) is 0. The second-order valence-electron chi connectivity index (χ2n) is 9.23. The lowest BCUT2D eigenvalue weighted by atomic mass is 9.95. The predicted octanol–water partition coefficient (Wildman–Crippen LogP) is 5.05. The van der Waals surface area contributed by atoms with Gasteiger partial charge in [0.2, 0.25) is 0 Å². The van der Waals surface area contributed by atoms with Gasteiger partial charge in [-0.15, -0.1) is 0 Å². The smallest absolute Gasteiger partial charge is 0.181 e. The van der Waals surface area contributed by atoms with Gasteiger partial charge in [-0.05, 0) is 50.3 Å². The molecule has 0 bridgehead atoms. The Balaban J connectivity index is 1.82. The van der Waals surface area contributed by atoms with Gasteiger partial charge in [0.05, 0.1) is 5.52 Å². The molecule has 0 radical (unpaired) electrons. The molecule has 1 aliphatic heterocycles. The van der Waals surface area contributed by atoms with Crippen LogP contribution in [-0.2, 0) is 0 Å². The van der Waals surface area contributed by atoms with Crippen LogP contribution in [0.25, 0.3) is 32.8 Å². The lowest BCUT2D eigenvalue weighted by Crippen LogP contribution is -2.73. The summed E-state index contributed by atoms with van der Waals surface area (Å²) in [5, 5.41) is 9.67. The maximum atomic E-state index is 4.89. The Hall–Kier alpha value is -4.01. The summed E-state index contributed by atoms with van der Waals surface area (Å²) in [5.74, 6) is 0. The molecule has 7 rings (SSSR count). The first-order chi connectivity index (χ1) is 16.8. The Morgan fingerprint density at radius 1 is 0.588 bits per heavy atom. The van der Waals surface area contributed by atoms with Crippen LogP contribution in [0.5, 0.6) is 0 Å². The van der Waals surface area contributed by atoms with Gasteiger partial charge in [-0.1, -0.05) is 115 Å². The third kappa shape index (κ3) is 2.46. The van der Waals surface area contributed by atoms with Gasteiger partial charge in [-0.25, -0.2) is 0 Å². The summed E-state index contributed by atoms with van der Waals surface area (Å²) >= 11 is 0. The molecule has 6 aromatic rings. The van der Waals surface area contributed by atoms with E-state index >= 15 is 0 Å². The maximum Gasteiger partial charge on any atom is 0.181 e. The van der Waals surface area contributed by atoms with E-state index < -0.39 is 8.07 Å². The lowest BCUT2D eigenvalue weighted by molar-refractivity contribution is 1.43. The van der Waals surface area contributed by atoms with E-state index in [4.69, 9.17) is 4.98 Å². The van der Waals surface area contributed by atoms with Crippen LogP contribution in [0.1, 0.15) is 5.56 Å². The normalized spacial score (nSPS) is 13.7. The molecule has 0 N–H and O–H groups in total. The van der Waals surface area contributed by atoms with Gasteiger partial charge in [0, 0.05) is 17.0 Å². The highest BCUT2D eigenvalue weighted by Gasteiger charge is 2.50. The number of rotatable bonds is 2. The zero-order valence-corrected chi connectivity index (χ0v) is 20.0. The van der Waals surface area contributed by atoms with Crippen molar-refractivity contribution in [1.82, 2.24) is 4.98 Å². The largest absolute Gasteiger partial charge is 0.256 e. The molecule has 0 saturated heterocycles. The van der Waals surface area contributed by atoms with Crippen LogP contribution in [0, 0.1) is 6.92 Å². The van der Waals surface area contributed by atoms with Crippen molar-refractivity contribution in [1.29, 1.82) is 0 Å². The van der Waals surface area contributed by atoms with Crippen LogP contribution < -0.4 is 20.7 Å². The highest BCUT2D eigenvalue weighted by Crippen LogP contribution is 2.38. The monoisotopic (exact) mass is 449 g/mol. The summed E-state index contributed by atoms with van der Waals surface area (Å²) < 4.78 is 0. The van der Waals surface area contributed by atoms with E-state index in [0.29, 0.717) is 0 Å². The van der Waals surface area contributed by atoms with Crippen LogP contribution in [-0.4, -0.2) is 13.1 Å². The van der Waals surface area contributed by atoms with Crippen molar-refractivity contribution in [3.8, 4) is 11.1 Å². The van der Waals surface area contributed by atoms with Crippen molar-refractivity contribution in [3.63, 3.8) is 0 Å². The molecule has 0 atom stereocenters. The zero-order valence-electron chi connectivity index (χ0n) is 19.0. The number of benzene rings is 5. The molecule has 2 heteroatoms. The fourth-order valence-corrected chi connectivity index (χ4v) is 11.6. The first-order valence-corrected chi connectivity index (χ1v) is 13.8. The third-order valence-corrected chi connectivity index (χ3v) is 12.3. The molecule has 0 aliphatic carbocycles. The molecule has 1 aliphatic rings. The summed E-state index contributed by atoms with van der Waals surface area (Å²) in [6.45, 7) is 2.22. The molecule has 1 nitrogen and oxygen atoms in total. The highest BCUT2D eigenvalue weighted by molar-refractivity contribution is 7.23. The number of pyridine rings is 1. The molecule has 2 heterocycles. The maximum absolute atomic E-state index is 4.89. The second-order valence-corrected chi connectivity index (χ2v) is 12.9. The van der Waals surface area contributed by atoms with Crippen molar-refractivity contribution in [3.05, 3.63) is 127 Å². The number of fused-ring (bicyclic) bond motifs is 8. The topological polar surface area (TPSA) is 12.9 Å². The van der Waals surface area contributed by atoms with E-state index in [1.807, 2.05) is 6.20 Å². The minimum Gasteiger partial charge on any atom is -0.256 e. The average Bonchev–Trinajstić information content (AvgIpc) is 3.21. The fourth-order valence-electron chi connectivity index (χ4n) is 6.13. The van der Waals surface area contributed by atoms with Crippen LogP contribution in [0.4, 0.5) is 0 Å². The number of aromatic nitrogens is 1. The van der Waals surface area contributed by atoms with Crippen molar-refractivity contribution < 1.29 is 0 Å². The standard InChI is InChI=1S/C32H23NSi/c1-22-18-19-27-29(21-22)34(23-11-4-2-5-12-23,24-13-6-3-7-14-24)32-26-16-9-8-15-25(26)31-28(30(27)32)17-10-20-33-31/h2-21H,1H3. The summed E-state index contributed by atoms with van der Waals surface area (Å²) in [6.07, 6.45) is 1.92. The van der Waals surface area contributed by atoms with E-state index in [9.17, 15) is 0 Å². The van der Waals surface area contributed by atoms with Gasteiger partial charge in [-0.2, -0.15) is 0 Å². The second kappa shape index (κ2) is 7.24. The molecule has 5 aromatic carbocycles. The molecule has 0 fully saturated rings. The van der Waals surface area contributed by atoms with Gasteiger partial charge < -0.3 is 0 Å². The summed E-state index contributed by atoms with van der Waals surface area (Å²) in [6, 6.07) is 42.8. The van der Waals surface area contributed by atoms with Gasteiger partial charge >= 0.3 is 0 Å². The van der Waals surface area contributed by atoms with Crippen LogP contribution in [0.15, 0.2) is 121 Å². The third-order valence-electron chi connectivity index (χ3n) is 7.42. The molecular formula is C32H23NSi. The van der Waals surface area contributed by atoms with Gasteiger partial charge in [0.15, 0.2) is 8.07 Å². The summed E-state index contributed by atoms with van der Waals surface area (Å²) in [7, 11) is -2.57. The average molecular weight is 450 g/mol. The molecule has 0 spiro atoms. The van der Waals surface area contributed by atoms with Crippen molar-refractivity contribution in [2.45, 2.75) is 6.92 Å². The first kappa shape index (κ1) is 19.5. The number of nitrogens with zero attached hydrogens (tertiary/aromatic N) is 1. The highest BCUT2D eigenvalue weighted by atomic mass is 28.3. The Labute approximate surface area is 200 Å². The summed E-state index contributed by atoms with van der Waals surface area (Å²) in [5.41, 5.74) is 5.14. The van der Waals surface area contributed by atoms with Crippen molar-refractivity contribution >= 4 is 50.5 Å². The minimum atomic E-state index is -2.57. The van der Waals surface area contributed by atoms with E-state index in [1.54, 1.807) is 0 Å². The predicted molar refractivity (Wildman–Crippen MR) is 147 cm³/mol. The Bertz CT molecular complexity index is 1670. The molecule has 1 aromatic heterocycles. The van der Waals surface area contributed by atoms with E-state index in [2.05, 4.69) is 122 Å². The van der Waals surface area contributed by atoms with Crippen molar-refractivity contribution in [2.24, 2.45) is 0 Å². The number of hydrogen-bond acceptors (Lipinski definition) is 1. The number of aryl methyl sites for hydroxylation is 1. The van der Waals surface area contributed by atoms with Crippen LogP contribution >= 0.6 is 0 Å². The fraction of sp³-hybridized carbons (Fsp3) is 0.0312. The van der Waals surface area contributed by atoms with Gasteiger partial charge in [-0.3, -0.25) is 4.98 Å². The van der Waals surface area contributed by atoms with Crippen LogP contribution in [0.2, 0.25) is 0 Å². The molecule has 0 amide bonds. The van der Waals surface area contributed by atoms with E-state index in [0.717, 1.165) is 5.52 Å². The first-order valence-electron chi connectivity index (χ1n) is 11.8. The van der Waals surface area contributed by atoms with E-state index in [-0.39, 0.29) is 0 Å². The Morgan fingerprint density at radius 2 is 1.21 bits per heavy atom. The molecular weight excluding hydrogens is 426 g/mol. The minimum absolute atomic E-state index is 1.09. The van der Waals surface area contributed by atoms with Crippen molar-refractivity contribution in [2.75, 3.05) is 0 Å². The van der Waals surface area contributed by atoms with E-state index in [1.165, 1.54) is 53.6 Å². The molecule has 0 saturated carbocycles. The summed E-state index contributed by atoms with van der Waals surface area (Å²) in [4.78, 5) is 4.89. The van der Waals surface area contributed by atoms with Crippen LogP contribution in [0.3, 0.4) is 0 Å².